The normalized spacial score (nSPS) is 11.7. The SMILES string of the molecule is COc1c[c-]c(-c2cc(CS)ccn2)c(CO)c1.O=C(/C=C(\O)C(F)(F)F)C(F)(F)F.[Pt]. The number of pyridine rings is 1. The van der Waals surface area contributed by atoms with Crippen LogP contribution in [-0.2, 0) is 38.2 Å². The number of aromatic nitrogens is 1. The number of allylic oxidation sites excluding steroid dienone is 2. The van der Waals surface area contributed by atoms with Crippen molar-refractivity contribution in [3.63, 3.8) is 0 Å². The fourth-order valence-corrected chi connectivity index (χ4v) is 2.20. The summed E-state index contributed by atoms with van der Waals surface area (Å²) in [7, 11) is 1.59. The van der Waals surface area contributed by atoms with Gasteiger partial charge in [-0.25, -0.2) is 0 Å². The van der Waals surface area contributed by atoms with Gasteiger partial charge in [0.15, 0.2) is 0 Å². The van der Waals surface area contributed by atoms with Gasteiger partial charge in [-0.2, -0.15) is 39.0 Å². The first-order chi connectivity index (χ1) is 14.3. The largest absolute Gasteiger partial charge is 0.540 e. The van der Waals surface area contributed by atoms with Crippen molar-refractivity contribution < 1.29 is 67.2 Å². The average Bonchev–Trinajstić information content (AvgIpc) is 2.72. The summed E-state index contributed by atoms with van der Waals surface area (Å²) in [6, 6.07) is 10.5. The average molecular weight is 663 g/mol. The second kappa shape index (κ2) is 12.9. The number of rotatable bonds is 5. The number of aliphatic hydroxyl groups excluding tert-OH is 2. The Labute approximate surface area is 198 Å². The van der Waals surface area contributed by atoms with E-state index in [2.05, 4.69) is 23.7 Å². The predicted octanol–water partition coefficient (Wildman–Crippen LogP) is 4.60. The van der Waals surface area contributed by atoms with Crippen molar-refractivity contribution in [3.05, 3.63) is 59.5 Å². The summed E-state index contributed by atoms with van der Waals surface area (Å²) in [6.45, 7) is -0.0736. The summed E-state index contributed by atoms with van der Waals surface area (Å²) in [5, 5.41) is 17.3. The van der Waals surface area contributed by atoms with Gasteiger partial charge in [0.1, 0.15) is 0 Å². The third-order valence-electron chi connectivity index (χ3n) is 3.50. The van der Waals surface area contributed by atoms with Crippen molar-refractivity contribution in [2.45, 2.75) is 24.7 Å². The van der Waals surface area contributed by atoms with E-state index in [1.807, 2.05) is 12.1 Å². The molecule has 2 aromatic rings. The van der Waals surface area contributed by atoms with Crippen LogP contribution in [0.5, 0.6) is 5.75 Å². The molecule has 2 rings (SSSR count). The van der Waals surface area contributed by atoms with Gasteiger partial charge in [0, 0.05) is 51.4 Å². The summed E-state index contributed by atoms with van der Waals surface area (Å²) in [6.07, 6.45) is -9.94. The number of ether oxygens (including phenoxy) is 1. The van der Waals surface area contributed by atoms with Gasteiger partial charge >= 0.3 is 12.4 Å². The van der Waals surface area contributed by atoms with Gasteiger partial charge < -0.3 is 19.9 Å². The second-order valence-corrected chi connectivity index (χ2v) is 6.01. The maximum absolute atomic E-state index is 11.4. The van der Waals surface area contributed by atoms with E-state index in [1.54, 1.807) is 25.4 Å². The van der Waals surface area contributed by atoms with Gasteiger partial charge in [-0.3, -0.25) is 4.79 Å². The Morgan fingerprint density at radius 3 is 2.31 bits per heavy atom. The minimum Gasteiger partial charge on any atom is -0.540 e. The standard InChI is InChI=1S/C14H14NO2S.C5H2F6O2.Pt/c1-17-12-2-3-13(11(7-12)8-16)14-6-10(9-18)4-5-15-14;6-4(7,8)2(12)1-3(13)5(9,10)11;/h2,4-7,16,18H,8-9H2,1H3;1,12H;/q-1;;/b;2-1-;. The van der Waals surface area contributed by atoms with Crippen molar-refractivity contribution in [2.75, 3.05) is 7.11 Å². The molecular formula is C19H16F6NO4PtS-. The summed E-state index contributed by atoms with van der Waals surface area (Å²) in [5.41, 5.74) is 3.41. The van der Waals surface area contributed by atoms with Crippen LogP contribution in [0.1, 0.15) is 11.1 Å². The van der Waals surface area contributed by atoms with Gasteiger partial charge in [-0.05, 0) is 17.3 Å². The molecule has 0 amide bonds. The van der Waals surface area contributed by atoms with E-state index in [-0.39, 0.29) is 27.7 Å². The monoisotopic (exact) mass is 663 g/mol. The van der Waals surface area contributed by atoms with Crippen LogP contribution in [0, 0.1) is 6.07 Å². The van der Waals surface area contributed by atoms with Crippen molar-refractivity contribution in [1.82, 2.24) is 4.98 Å². The Balaban J connectivity index is 0.000000617. The molecule has 1 heterocycles. The number of hydrogen-bond donors (Lipinski definition) is 3. The molecule has 13 heteroatoms. The maximum Gasteiger partial charge on any atom is 0.454 e. The van der Waals surface area contributed by atoms with Crippen LogP contribution >= 0.6 is 12.6 Å². The molecule has 0 aliphatic rings. The number of thiol groups is 1. The van der Waals surface area contributed by atoms with E-state index in [9.17, 15) is 36.2 Å². The number of alkyl halides is 6. The second-order valence-electron chi connectivity index (χ2n) is 5.69. The van der Waals surface area contributed by atoms with Gasteiger partial charge in [0.05, 0.1) is 7.11 Å². The summed E-state index contributed by atoms with van der Waals surface area (Å²) in [4.78, 5) is 14.2. The number of methoxy groups -OCH3 is 1. The van der Waals surface area contributed by atoms with Crippen molar-refractivity contribution in [2.24, 2.45) is 0 Å². The third kappa shape index (κ3) is 9.21. The number of hydrogen-bond acceptors (Lipinski definition) is 6. The van der Waals surface area contributed by atoms with Crippen LogP contribution in [0.25, 0.3) is 11.3 Å². The quantitative estimate of drug-likeness (QED) is 0.143. The Hall–Kier alpha value is -2.04. The molecule has 32 heavy (non-hydrogen) atoms. The van der Waals surface area contributed by atoms with Crippen LogP contribution in [0.4, 0.5) is 26.3 Å². The number of carbonyl (C=O) groups excluding carboxylic acids is 1. The molecule has 1 aromatic carbocycles. The number of aliphatic hydroxyl groups is 2. The van der Waals surface area contributed by atoms with Gasteiger partial charge in [-0.15, -0.1) is 17.7 Å². The molecule has 1 aromatic heterocycles. The molecule has 0 atom stereocenters. The summed E-state index contributed by atoms with van der Waals surface area (Å²) in [5.74, 6) is -4.01. The van der Waals surface area contributed by atoms with Crippen LogP contribution in [0.3, 0.4) is 0 Å². The zero-order valence-corrected chi connectivity index (χ0v) is 19.2. The van der Waals surface area contributed by atoms with Gasteiger partial charge in [-0.1, -0.05) is 17.7 Å². The molecule has 0 saturated carbocycles. The molecule has 0 fully saturated rings. The first-order valence-electron chi connectivity index (χ1n) is 8.18. The fraction of sp³-hybridized carbons (Fsp3) is 0.263. The fourth-order valence-electron chi connectivity index (χ4n) is 2.00. The Morgan fingerprint density at radius 1 is 1.22 bits per heavy atom. The summed E-state index contributed by atoms with van der Waals surface area (Å²) >= 11 is 4.24. The zero-order valence-electron chi connectivity index (χ0n) is 16.1. The topological polar surface area (TPSA) is 79.7 Å². The summed E-state index contributed by atoms with van der Waals surface area (Å²) < 4.78 is 73.2. The molecule has 2 N–H and O–H groups in total. The first-order valence-corrected chi connectivity index (χ1v) is 8.81. The maximum atomic E-state index is 11.4. The number of carbonyl (C=O) groups is 1. The molecular weight excluding hydrogens is 647 g/mol. The first kappa shape index (κ1) is 30.0. The van der Waals surface area contributed by atoms with Gasteiger partial charge in [0.25, 0.3) is 5.78 Å². The number of benzene rings is 1. The molecule has 0 radical (unpaired) electrons. The zero-order chi connectivity index (χ0) is 23.8. The molecule has 5 nitrogen and oxygen atoms in total. The van der Waals surface area contributed by atoms with Crippen molar-refractivity contribution in [3.8, 4) is 17.0 Å². The van der Waals surface area contributed by atoms with E-state index in [4.69, 9.17) is 9.84 Å². The van der Waals surface area contributed by atoms with Crippen molar-refractivity contribution >= 4 is 18.4 Å². The molecule has 0 unspecified atom stereocenters. The smallest absolute Gasteiger partial charge is 0.454 e. The molecule has 0 spiro atoms. The third-order valence-corrected chi connectivity index (χ3v) is 3.87. The molecule has 0 saturated heterocycles. The van der Waals surface area contributed by atoms with E-state index in [0.29, 0.717) is 11.5 Å². The minimum absolute atomic E-state index is 0. The molecule has 0 aliphatic heterocycles. The van der Waals surface area contributed by atoms with E-state index in [1.165, 1.54) is 0 Å². The van der Waals surface area contributed by atoms with Crippen molar-refractivity contribution in [1.29, 1.82) is 0 Å². The molecule has 0 bridgehead atoms. The van der Waals surface area contributed by atoms with Crippen LogP contribution in [0.15, 0.2) is 42.3 Å². The number of halogens is 6. The van der Waals surface area contributed by atoms with Crippen LogP contribution in [-0.4, -0.2) is 40.4 Å². The van der Waals surface area contributed by atoms with Crippen LogP contribution < -0.4 is 4.74 Å². The minimum atomic E-state index is -5.42. The number of nitrogens with zero attached hydrogens (tertiary/aromatic N) is 1. The van der Waals surface area contributed by atoms with Gasteiger partial charge in [0.2, 0.25) is 5.76 Å². The predicted molar refractivity (Wildman–Crippen MR) is 102 cm³/mol. The Morgan fingerprint density at radius 2 is 1.84 bits per heavy atom. The Kier molecular flexibility index (Phi) is 12.0. The van der Waals surface area contributed by atoms with E-state index < -0.39 is 30.0 Å². The van der Waals surface area contributed by atoms with Crippen LogP contribution in [0.2, 0.25) is 0 Å². The Bertz CT molecular complexity index is 935. The number of ketones is 1. The van der Waals surface area contributed by atoms with E-state index >= 15 is 0 Å². The van der Waals surface area contributed by atoms with E-state index in [0.717, 1.165) is 22.4 Å². The molecule has 180 valence electrons. The molecule has 0 aliphatic carbocycles.